The van der Waals surface area contributed by atoms with Crippen LogP contribution < -0.4 is 5.32 Å². The Morgan fingerprint density at radius 2 is 1.94 bits per heavy atom. The summed E-state index contributed by atoms with van der Waals surface area (Å²) in [4.78, 5) is 11.5. The summed E-state index contributed by atoms with van der Waals surface area (Å²) < 4.78 is 0. The summed E-state index contributed by atoms with van der Waals surface area (Å²) in [6, 6.07) is 10.2. The fraction of sp³-hybridized carbons (Fsp3) is 0.500. The van der Waals surface area contributed by atoms with Crippen molar-refractivity contribution >= 4 is 5.91 Å². The van der Waals surface area contributed by atoms with Crippen LogP contribution in [0.25, 0.3) is 0 Å². The molecule has 3 nitrogen and oxygen atoms in total. The van der Waals surface area contributed by atoms with Crippen LogP contribution in [0.15, 0.2) is 30.3 Å². The molecule has 0 spiro atoms. The van der Waals surface area contributed by atoms with Gasteiger partial charge in [-0.1, -0.05) is 30.3 Å². The molecule has 1 atom stereocenters. The largest absolute Gasteiger partial charge is 0.381 e. The number of aryl methyl sites for hydroxylation is 1. The minimum atomic E-state index is -1.30. The first-order valence-corrected chi connectivity index (χ1v) is 5.97. The first-order valence-electron chi connectivity index (χ1n) is 5.97. The summed E-state index contributed by atoms with van der Waals surface area (Å²) in [6.07, 6.45) is 1.79. The van der Waals surface area contributed by atoms with E-state index in [9.17, 15) is 9.90 Å². The smallest absolute Gasteiger partial charge is 0.251 e. The second kappa shape index (κ2) is 5.82. The van der Waals surface area contributed by atoms with Crippen molar-refractivity contribution in [2.45, 2.75) is 45.3 Å². The Kier molecular flexibility index (Phi) is 4.70. The van der Waals surface area contributed by atoms with Gasteiger partial charge in [-0.2, -0.15) is 0 Å². The summed E-state index contributed by atoms with van der Waals surface area (Å²) in [5, 5.41) is 12.3. The highest BCUT2D eigenvalue weighted by Gasteiger charge is 2.24. The average molecular weight is 235 g/mol. The second-order valence-corrected chi connectivity index (χ2v) is 4.96. The van der Waals surface area contributed by atoms with Gasteiger partial charge in [-0.3, -0.25) is 4.79 Å². The SMILES string of the molecule is CC(CCc1ccccc1)NC(=O)C(C)(C)O. The van der Waals surface area contributed by atoms with Crippen LogP contribution in [0.5, 0.6) is 0 Å². The predicted octanol–water partition coefficient (Wildman–Crippen LogP) is 1.89. The Morgan fingerprint density at radius 1 is 1.35 bits per heavy atom. The molecule has 1 amide bonds. The third kappa shape index (κ3) is 5.00. The molecule has 1 rings (SSSR count). The minimum Gasteiger partial charge on any atom is -0.381 e. The molecule has 0 heterocycles. The van der Waals surface area contributed by atoms with Crippen molar-refractivity contribution in [3.63, 3.8) is 0 Å². The van der Waals surface area contributed by atoms with E-state index in [0.29, 0.717) is 0 Å². The van der Waals surface area contributed by atoms with E-state index >= 15 is 0 Å². The van der Waals surface area contributed by atoms with Gasteiger partial charge in [0.15, 0.2) is 0 Å². The molecule has 0 bridgehead atoms. The Hall–Kier alpha value is -1.35. The number of carbonyl (C=O) groups excluding carboxylic acids is 1. The quantitative estimate of drug-likeness (QED) is 0.819. The van der Waals surface area contributed by atoms with Crippen LogP contribution in [0.1, 0.15) is 32.8 Å². The van der Waals surface area contributed by atoms with Crippen molar-refractivity contribution in [1.29, 1.82) is 0 Å². The van der Waals surface area contributed by atoms with E-state index in [-0.39, 0.29) is 11.9 Å². The van der Waals surface area contributed by atoms with E-state index in [0.717, 1.165) is 12.8 Å². The molecule has 0 fully saturated rings. The lowest BCUT2D eigenvalue weighted by Gasteiger charge is -2.20. The topological polar surface area (TPSA) is 49.3 Å². The highest BCUT2D eigenvalue weighted by molar-refractivity contribution is 5.84. The molecule has 0 aliphatic heterocycles. The van der Waals surface area contributed by atoms with Crippen LogP contribution >= 0.6 is 0 Å². The van der Waals surface area contributed by atoms with Crippen LogP contribution in [0.3, 0.4) is 0 Å². The summed E-state index contributed by atoms with van der Waals surface area (Å²) in [6.45, 7) is 4.94. The van der Waals surface area contributed by atoms with Crippen molar-refractivity contribution in [1.82, 2.24) is 5.32 Å². The maximum Gasteiger partial charge on any atom is 0.251 e. The van der Waals surface area contributed by atoms with Gasteiger partial charge in [0.25, 0.3) is 5.91 Å². The number of hydrogen-bond acceptors (Lipinski definition) is 2. The Labute approximate surface area is 103 Å². The molecular formula is C14H21NO2. The lowest BCUT2D eigenvalue weighted by molar-refractivity contribution is -0.137. The zero-order valence-electron chi connectivity index (χ0n) is 10.7. The van der Waals surface area contributed by atoms with Crippen molar-refractivity contribution in [3.05, 3.63) is 35.9 Å². The molecule has 94 valence electrons. The fourth-order valence-electron chi connectivity index (χ4n) is 1.50. The van der Waals surface area contributed by atoms with E-state index in [4.69, 9.17) is 0 Å². The van der Waals surface area contributed by atoms with Crippen molar-refractivity contribution in [2.24, 2.45) is 0 Å². The van der Waals surface area contributed by atoms with Crippen LogP contribution in [-0.4, -0.2) is 22.7 Å². The van der Waals surface area contributed by atoms with Gasteiger partial charge < -0.3 is 10.4 Å². The van der Waals surface area contributed by atoms with Gasteiger partial charge in [-0.25, -0.2) is 0 Å². The van der Waals surface area contributed by atoms with Gasteiger partial charge in [0.05, 0.1) is 0 Å². The van der Waals surface area contributed by atoms with Crippen LogP contribution in [0.2, 0.25) is 0 Å². The van der Waals surface area contributed by atoms with Crippen molar-refractivity contribution in [2.75, 3.05) is 0 Å². The molecule has 1 unspecified atom stereocenters. The molecule has 17 heavy (non-hydrogen) atoms. The third-order valence-corrected chi connectivity index (χ3v) is 2.64. The molecule has 1 aromatic rings. The molecule has 0 radical (unpaired) electrons. The minimum absolute atomic E-state index is 0.0640. The standard InChI is InChI=1S/C14H21NO2/c1-11(15-13(16)14(2,3)17)9-10-12-7-5-4-6-8-12/h4-8,11,17H,9-10H2,1-3H3,(H,15,16). The lowest BCUT2D eigenvalue weighted by atomic mass is 10.0. The molecule has 0 aliphatic rings. The maximum atomic E-state index is 11.5. The maximum absolute atomic E-state index is 11.5. The van der Waals surface area contributed by atoms with Gasteiger partial charge in [0.2, 0.25) is 0 Å². The normalized spacial score (nSPS) is 13.2. The molecule has 0 saturated carbocycles. The third-order valence-electron chi connectivity index (χ3n) is 2.64. The average Bonchev–Trinajstić information content (AvgIpc) is 2.26. The zero-order chi connectivity index (χ0) is 12.9. The Bertz CT molecular complexity index is 354. The molecule has 1 aromatic carbocycles. The van der Waals surface area contributed by atoms with Crippen molar-refractivity contribution < 1.29 is 9.90 Å². The fourth-order valence-corrected chi connectivity index (χ4v) is 1.50. The number of hydrogen-bond donors (Lipinski definition) is 2. The first kappa shape index (κ1) is 13.7. The number of benzene rings is 1. The number of amides is 1. The highest BCUT2D eigenvalue weighted by Crippen LogP contribution is 2.06. The number of nitrogens with one attached hydrogen (secondary N) is 1. The Morgan fingerprint density at radius 3 is 2.47 bits per heavy atom. The van der Waals surface area contributed by atoms with Gasteiger partial charge in [0, 0.05) is 6.04 Å². The predicted molar refractivity (Wildman–Crippen MR) is 68.7 cm³/mol. The highest BCUT2D eigenvalue weighted by atomic mass is 16.3. The zero-order valence-corrected chi connectivity index (χ0v) is 10.7. The monoisotopic (exact) mass is 235 g/mol. The summed E-state index contributed by atoms with van der Waals surface area (Å²) >= 11 is 0. The number of rotatable bonds is 5. The summed E-state index contributed by atoms with van der Waals surface area (Å²) in [5.41, 5.74) is -0.0436. The van der Waals surface area contributed by atoms with Gasteiger partial charge >= 0.3 is 0 Å². The lowest BCUT2D eigenvalue weighted by Crippen LogP contribution is -2.45. The van der Waals surface area contributed by atoms with Crippen LogP contribution in [-0.2, 0) is 11.2 Å². The van der Waals surface area contributed by atoms with E-state index in [2.05, 4.69) is 17.4 Å². The number of aliphatic hydroxyl groups is 1. The first-order chi connectivity index (χ1) is 7.89. The molecule has 0 saturated heterocycles. The van der Waals surface area contributed by atoms with E-state index < -0.39 is 5.60 Å². The van der Waals surface area contributed by atoms with Gasteiger partial charge in [-0.15, -0.1) is 0 Å². The number of carbonyl (C=O) groups is 1. The van der Waals surface area contributed by atoms with Gasteiger partial charge in [-0.05, 0) is 39.2 Å². The summed E-state index contributed by atoms with van der Waals surface area (Å²) in [5.74, 6) is -0.321. The van der Waals surface area contributed by atoms with Gasteiger partial charge in [0.1, 0.15) is 5.60 Å². The van der Waals surface area contributed by atoms with E-state index in [1.54, 1.807) is 0 Å². The molecular weight excluding hydrogens is 214 g/mol. The van der Waals surface area contributed by atoms with Crippen LogP contribution in [0.4, 0.5) is 0 Å². The summed E-state index contributed by atoms with van der Waals surface area (Å²) in [7, 11) is 0. The second-order valence-electron chi connectivity index (χ2n) is 4.96. The molecule has 0 aliphatic carbocycles. The van der Waals surface area contributed by atoms with Crippen LogP contribution in [0, 0.1) is 0 Å². The Balaban J connectivity index is 2.36. The molecule has 2 N–H and O–H groups in total. The van der Waals surface area contributed by atoms with Crippen molar-refractivity contribution in [3.8, 4) is 0 Å². The molecule has 3 heteroatoms. The van der Waals surface area contributed by atoms with E-state index in [1.165, 1.54) is 19.4 Å². The van der Waals surface area contributed by atoms with E-state index in [1.807, 2.05) is 25.1 Å². The molecule has 0 aromatic heterocycles.